The smallest absolute Gasteiger partial charge is 0.282 e. The topological polar surface area (TPSA) is 91.2 Å². The summed E-state index contributed by atoms with van der Waals surface area (Å²) in [6.45, 7) is -0.0423. The summed E-state index contributed by atoms with van der Waals surface area (Å²) in [5.74, 6) is -0.950. The molecular weight excluding hydrogens is 502 g/mol. The van der Waals surface area contributed by atoms with Crippen LogP contribution in [0.2, 0.25) is 5.02 Å². The van der Waals surface area contributed by atoms with Crippen LogP contribution in [0, 0.1) is 21.7 Å². The molecular formula is C23H13ClF2N4O4S. The summed E-state index contributed by atoms with van der Waals surface area (Å²) in [6.07, 6.45) is 1.28. The monoisotopic (exact) mass is 514 g/mol. The molecule has 1 aromatic heterocycles. The number of ether oxygens (including phenoxy) is 2. The van der Waals surface area contributed by atoms with Crippen LogP contribution in [0.15, 0.2) is 70.1 Å². The fraction of sp³-hybridized carbons (Fsp3) is 0.0435. The molecule has 0 aliphatic carbocycles. The summed E-state index contributed by atoms with van der Waals surface area (Å²) in [5.41, 5.74) is 1.15. The standard InChI is InChI=1S/C23H13ClF2N4O4S/c24-15-3-1-13(2-4-15)20-11-35-23(28-18-6-5-16(25)8-17(18)26)29(20)27-10-14-7-21-22(34-12-33-21)9-19(14)30(31)32/h1-11H,12H2. The van der Waals surface area contributed by atoms with Gasteiger partial charge >= 0.3 is 0 Å². The normalized spacial score (nSPS) is 13.1. The lowest BCUT2D eigenvalue weighted by molar-refractivity contribution is -0.385. The Kier molecular flexibility index (Phi) is 6.01. The SMILES string of the molecule is O=[N+]([O-])c1cc2c(cc1C=Nn1c(-c3ccc(Cl)cc3)csc1=Nc1ccc(F)cc1F)OCO2. The summed E-state index contributed by atoms with van der Waals surface area (Å²) in [6, 6.07) is 12.7. The summed E-state index contributed by atoms with van der Waals surface area (Å²) < 4.78 is 39.6. The van der Waals surface area contributed by atoms with Crippen LogP contribution in [-0.4, -0.2) is 22.6 Å². The number of thiazole rings is 1. The number of halogens is 3. The fourth-order valence-electron chi connectivity index (χ4n) is 3.31. The molecule has 5 rings (SSSR count). The van der Waals surface area contributed by atoms with Crippen molar-refractivity contribution in [1.29, 1.82) is 0 Å². The van der Waals surface area contributed by atoms with Gasteiger partial charge in [0.25, 0.3) is 5.69 Å². The zero-order chi connectivity index (χ0) is 24.5. The van der Waals surface area contributed by atoms with Crippen LogP contribution in [0.5, 0.6) is 11.5 Å². The maximum absolute atomic E-state index is 14.3. The van der Waals surface area contributed by atoms with Crippen molar-refractivity contribution in [2.45, 2.75) is 0 Å². The van der Waals surface area contributed by atoms with E-state index in [1.54, 1.807) is 29.6 Å². The van der Waals surface area contributed by atoms with Crippen LogP contribution < -0.4 is 14.3 Å². The molecule has 0 N–H and O–H groups in total. The van der Waals surface area contributed by atoms with E-state index in [0.717, 1.165) is 29.0 Å². The summed E-state index contributed by atoms with van der Waals surface area (Å²) in [4.78, 5) is 15.6. The lowest BCUT2D eigenvalue weighted by atomic mass is 10.1. The Morgan fingerprint density at radius 2 is 1.83 bits per heavy atom. The van der Waals surface area contributed by atoms with Crippen molar-refractivity contribution in [3.05, 3.63) is 97.1 Å². The first-order chi connectivity index (χ1) is 16.9. The van der Waals surface area contributed by atoms with Gasteiger partial charge in [0.15, 0.2) is 17.3 Å². The largest absolute Gasteiger partial charge is 0.454 e. The zero-order valence-electron chi connectivity index (χ0n) is 17.5. The third-order valence-electron chi connectivity index (χ3n) is 4.98. The van der Waals surface area contributed by atoms with Crippen LogP contribution in [0.4, 0.5) is 20.2 Å². The van der Waals surface area contributed by atoms with Gasteiger partial charge in [-0.1, -0.05) is 23.7 Å². The Hall–Kier alpha value is -4.09. The van der Waals surface area contributed by atoms with Crippen LogP contribution >= 0.6 is 22.9 Å². The third-order valence-corrected chi connectivity index (χ3v) is 6.05. The molecule has 0 fully saturated rings. The molecule has 4 aromatic rings. The zero-order valence-corrected chi connectivity index (χ0v) is 19.1. The van der Waals surface area contributed by atoms with Crippen molar-refractivity contribution in [3.63, 3.8) is 0 Å². The molecule has 176 valence electrons. The molecule has 0 saturated heterocycles. The Bertz CT molecular complexity index is 1550. The van der Waals surface area contributed by atoms with Crippen molar-refractivity contribution < 1.29 is 23.2 Å². The molecule has 1 aliphatic heterocycles. The van der Waals surface area contributed by atoms with Crippen molar-refractivity contribution in [3.8, 4) is 22.8 Å². The first kappa shape index (κ1) is 22.7. The number of hydrogen-bond acceptors (Lipinski definition) is 7. The van der Waals surface area contributed by atoms with E-state index in [-0.39, 0.29) is 34.3 Å². The molecule has 35 heavy (non-hydrogen) atoms. The molecule has 0 amide bonds. The second-order valence-corrected chi connectivity index (χ2v) is 8.47. The first-order valence-corrected chi connectivity index (χ1v) is 11.2. The minimum Gasteiger partial charge on any atom is -0.454 e. The highest BCUT2D eigenvalue weighted by Crippen LogP contribution is 2.37. The van der Waals surface area contributed by atoms with E-state index in [1.807, 2.05) is 0 Å². The summed E-state index contributed by atoms with van der Waals surface area (Å²) in [7, 11) is 0. The summed E-state index contributed by atoms with van der Waals surface area (Å²) in [5, 5.41) is 18.3. The Morgan fingerprint density at radius 1 is 1.09 bits per heavy atom. The molecule has 2 heterocycles. The Balaban J connectivity index is 1.66. The Morgan fingerprint density at radius 3 is 2.54 bits per heavy atom. The van der Waals surface area contributed by atoms with E-state index >= 15 is 0 Å². The van der Waals surface area contributed by atoms with E-state index in [4.69, 9.17) is 21.1 Å². The average molecular weight is 515 g/mol. The van der Waals surface area contributed by atoms with Gasteiger partial charge in [-0.15, -0.1) is 11.3 Å². The molecule has 12 heteroatoms. The first-order valence-electron chi connectivity index (χ1n) is 9.98. The number of fused-ring (bicyclic) bond motifs is 1. The van der Waals surface area contributed by atoms with E-state index in [9.17, 15) is 18.9 Å². The number of benzene rings is 3. The van der Waals surface area contributed by atoms with Gasteiger partial charge in [-0.2, -0.15) is 5.10 Å². The van der Waals surface area contributed by atoms with Gasteiger partial charge in [0, 0.05) is 22.0 Å². The highest BCUT2D eigenvalue weighted by atomic mass is 35.5. The lowest BCUT2D eigenvalue weighted by Crippen LogP contribution is -2.12. The van der Waals surface area contributed by atoms with Crippen molar-refractivity contribution in [2.75, 3.05) is 6.79 Å². The second kappa shape index (κ2) is 9.28. The predicted molar refractivity (Wildman–Crippen MR) is 127 cm³/mol. The third kappa shape index (κ3) is 4.63. The number of nitro groups is 1. The highest BCUT2D eigenvalue weighted by molar-refractivity contribution is 7.07. The van der Waals surface area contributed by atoms with E-state index in [0.29, 0.717) is 16.5 Å². The highest BCUT2D eigenvalue weighted by Gasteiger charge is 2.22. The van der Waals surface area contributed by atoms with Gasteiger partial charge in [-0.05, 0) is 30.3 Å². The summed E-state index contributed by atoms with van der Waals surface area (Å²) >= 11 is 7.17. The minimum absolute atomic E-state index is 0.0423. The van der Waals surface area contributed by atoms with Gasteiger partial charge in [0.2, 0.25) is 11.6 Å². The molecule has 0 radical (unpaired) electrons. The lowest BCUT2D eigenvalue weighted by Gasteiger charge is -2.05. The van der Waals surface area contributed by atoms with Gasteiger partial charge in [0.1, 0.15) is 11.5 Å². The van der Waals surface area contributed by atoms with Crippen molar-refractivity contribution in [1.82, 2.24) is 4.68 Å². The molecule has 1 aliphatic rings. The number of rotatable bonds is 5. The van der Waals surface area contributed by atoms with E-state index in [2.05, 4.69) is 10.1 Å². The second-order valence-electron chi connectivity index (χ2n) is 7.20. The molecule has 3 aromatic carbocycles. The Labute approximate surface area is 205 Å². The van der Waals surface area contributed by atoms with E-state index in [1.165, 1.54) is 29.1 Å². The van der Waals surface area contributed by atoms with Gasteiger partial charge in [0.05, 0.1) is 28.5 Å². The number of nitrogens with zero attached hydrogens (tertiary/aromatic N) is 4. The average Bonchev–Trinajstić information content (AvgIpc) is 3.45. The maximum Gasteiger partial charge on any atom is 0.282 e. The van der Waals surface area contributed by atoms with Crippen LogP contribution in [-0.2, 0) is 0 Å². The van der Waals surface area contributed by atoms with Crippen LogP contribution in [0.25, 0.3) is 11.3 Å². The van der Waals surface area contributed by atoms with Gasteiger partial charge in [-0.25, -0.2) is 18.4 Å². The van der Waals surface area contributed by atoms with Crippen molar-refractivity contribution >= 4 is 40.5 Å². The molecule has 0 unspecified atom stereocenters. The number of nitro benzene ring substituents is 1. The number of hydrogen-bond donors (Lipinski definition) is 0. The van der Waals surface area contributed by atoms with Gasteiger partial charge in [-0.3, -0.25) is 10.1 Å². The fourth-order valence-corrected chi connectivity index (χ4v) is 4.29. The molecule has 0 bridgehead atoms. The van der Waals surface area contributed by atoms with Gasteiger partial charge < -0.3 is 9.47 Å². The predicted octanol–water partition coefficient (Wildman–Crippen LogP) is 5.90. The maximum atomic E-state index is 14.3. The molecule has 8 nitrogen and oxygen atoms in total. The quantitative estimate of drug-likeness (QED) is 0.188. The molecule has 0 atom stereocenters. The van der Waals surface area contributed by atoms with Crippen molar-refractivity contribution in [2.24, 2.45) is 10.1 Å². The minimum atomic E-state index is -0.839. The number of aromatic nitrogens is 1. The van der Waals surface area contributed by atoms with Crippen LogP contribution in [0.1, 0.15) is 5.56 Å². The van der Waals surface area contributed by atoms with Crippen LogP contribution in [0.3, 0.4) is 0 Å². The molecule has 0 spiro atoms. The molecule has 0 saturated carbocycles. The van der Waals surface area contributed by atoms with E-state index < -0.39 is 16.6 Å².